The standard InChI is InChI=1S/C18H15FN6O2S2/c1-12-9-17(25(23-12)14-5-3-2-4-6-14)21-13-7-8-16(15(19)10-13)29(26,27)24-18-22-20-11-28-18/h2-11,21H,1H3,(H,22,24). The van der Waals surface area contributed by atoms with E-state index < -0.39 is 20.7 Å². The highest BCUT2D eigenvalue weighted by Gasteiger charge is 2.21. The number of nitrogens with one attached hydrogen (secondary N) is 2. The van der Waals surface area contributed by atoms with Gasteiger partial charge in [0.1, 0.15) is 22.0 Å². The van der Waals surface area contributed by atoms with Crippen molar-refractivity contribution in [2.24, 2.45) is 0 Å². The Morgan fingerprint density at radius 2 is 1.90 bits per heavy atom. The molecule has 4 rings (SSSR count). The molecule has 0 saturated heterocycles. The molecule has 0 bridgehead atoms. The number of anilines is 3. The molecule has 8 nitrogen and oxygen atoms in total. The predicted molar refractivity (Wildman–Crippen MR) is 109 cm³/mol. The van der Waals surface area contributed by atoms with Crippen LogP contribution in [0.5, 0.6) is 0 Å². The van der Waals surface area contributed by atoms with Crippen molar-refractivity contribution in [3.8, 4) is 5.69 Å². The van der Waals surface area contributed by atoms with E-state index >= 15 is 0 Å². The highest BCUT2D eigenvalue weighted by Crippen LogP contribution is 2.26. The third kappa shape index (κ3) is 4.10. The molecule has 0 fully saturated rings. The zero-order valence-electron chi connectivity index (χ0n) is 15.1. The van der Waals surface area contributed by atoms with Gasteiger partial charge >= 0.3 is 0 Å². The van der Waals surface area contributed by atoms with E-state index in [9.17, 15) is 12.8 Å². The van der Waals surface area contributed by atoms with E-state index in [1.54, 1.807) is 4.68 Å². The Labute approximate surface area is 170 Å². The van der Waals surface area contributed by atoms with Crippen LogP contribution in [0, 0.1) is 12.7 Å². The lowest BCUT2D eigenvalue weighted by atomic mass is 10.3. The molecule has 0 aliphatic heterocycles. The number of hydrogen-bond acceptors (Lipinski definition) is 7. The SMILES string of the molecule is Cc1cc(Nc2ccc(S(=O)(=O)Nc3nncs3)c(F)c2)n(-c2ccccc2)n1. The summed E-state index contributed by atoms with van der Waals surface area (Å²) in [5.41, 5.74) is 3.37. The lowest BCUT2D eigenvalue weighted by molar-refractivity contribution is 0.570. The van der Waals surface area contributed by atoms with Gasteiger partial charge in [-0.15, -0.1) is 10.2 Å². The highest BCUT2D eigenvalue weighted by molar-refractivity contribution is 7.93. The Bertz CT molecular complexity index is 1240. The lowest BCUT2D eigenvalue weighted by Gasteiger charge is -2.11. The molecule has 0 aliphatic carbocycles. The number of nitrogens with zero attached hydrogens (tertiary/aromatic N) is 4. The summed E-state index contributed by atoms with van der Waals surface area (Å²) in [6, 6.07) is 15.1. The second kappa shape index (κ2) is 7.60. The van der Waals surface area contributed by atoms with Crippen LogP contribution < -0.4 is 10.0 Å². The van der Waals surface area contributed by atoms with Gasteiger partial charge in [0.2, 0.25) is 5.13 Å². The van der Waals surface area contributed by atoms with E-state index in [4.69, 9.17) is 0 Å². The molecule has 0 aliphatic rings. The van der Waals surface area contributed by atoms with Crippen LogP contribution in [-0.4, -0.2) is 28.4 Å². The fourth-order valence-electron chi connectivity index (χ4n) is 2.69. The largest absolute Gasteiger partial charge is 0.340 e. The maximum Gasteiger partial charge on any atom is 0.266 e. The van der Waals surface area contributed by atoms with Gasteiger partial charge in [-0.1, -0.05) is 29.5 Å². The van der Waals surface area contributed by atoms with Gasteiger partial charge in [-0.25, -0.2) is 17.5 Å². The molecule has 0 radical (unpaired) electrons. The predicted octanol–water partition coefficient (Wildman–Crippen LogP) is 3.72. The number of hydrogen-bond donors (Lipinski definition) is 2. The number of sulfonamides is 1. The molecule has 0 atom stereocenters. The van der Waals surface area contributed by atoms with E-state index in [0.717, 1.165) is 28.8 Å². The normalized spacial score (nSPS) is 11.4. The van der Waals surface area contributed by atoms with Crippen LogP contribution in [0.2, 0.25) is 0 Å². The summed E-state index contributed by atoms with van der Waals surface area (Å²) < 4.78 is 43.3. The Balaban J connectivity index is 1.61. The zero-order valence-corrected chi connectivity index (χ0v) is 16.7. The van der Waals surface area contributed by atoms with Crippen molar-refractivity contribution in [1.82, 2.24) is 20.0 Å². The van der Waals surface area contributed by atoms with Crippen LogP contribution in [0.4, 0.5) is 21.0 Å². The molecule has 11 heteroatoms. The molecule has 2 aromatic heterocycles. The third-order valence-corrected chi connectivity index (χ3v) is 6.02. The average Bonchev–Trinajstić information content (AvgIpc) is 3.31. The summed E-state index contributed by atoms with van der Waals surface area (Å²) in [5.74, 6) is -0.273. The van der Waals surface area contributed by atoms with Gasteiger partial charge in [0, 0.05) is 11.8 Å². The van der Waals surface area contributed by atoms with Crippen molar-refractivity contribution in [3.05, 3.63) is 71.6 Å². The van der Waals surface area contributed by atoms with Crippen molar-refractivity contribution in [2.45, 2.75) is 11.8 Å². The van der Waals surface area contributed by atoms with Crippen molar-refractivity contribution >= 4 is 38.0 Å². The van der Waals surface area contributed by atoms with Crippen molar-refractivity contribution < 1.29 is 12.8 Å². The molecule has 0 spiro atoms. The fraction of sp³-hybridized carbons (Fsp3) is 0.0556. The van der Waals surface area contributed by atoms with Crippen LogP contribution in [0.15, 0.2) is 65.0 Å². The molecule has 4 aromatic rings. The van der Waals surface area contributed by atoms with Gasteiger partial charge in [0.05, 0.1) is 11.4 Å². The van der Waals surface area contributed by atoms with Crippen LogP contribution in [0.1, 0.15) is 5.69 Å². The van der Waals surface area contributed by atoms with Gasteiger partial charge in [-0.3, -0.25) is 4.72 Å². The summed E-state index contributed by atoms with van der Waals surface area (Å²) in [6.45, 7) is 1.85. The minimum Gasteiger partial charge on any atom is -0.340 e. The lowest BCUT2D eigenvalue weighted by Crippen LogP contribution is -2.14. The van der Waals surface area contributed by atoms with Gasteiger partial charge in [-0.2, -0.15) is 5.10 Å². The molecule has 29 heavy (non-hydrogen) atoms. The maximum absolute atomic E-state index is 14.6. The van der Waals surface area contributed by atoms with E-state index in [-0.39, 0.29) is 5.13 Å². The first kappa shape index (κ1) is 19.0. The molecule has 2 heterocycles. The van der Waals surface area contributed by atoms with Gasteiger partial charge in [0.25, 0.3) is 10.0 Å². The summed E-state index contributed by atoms with van der Waals surface area (Å²) >= 11 is 1.00. The number of benzene rings is 2. The van der Waals surface area contributed by atoms with Crippen LogP contribution in [-0.2, 0) is 10.0 Å². The number of aromatic nitrogens is 4. The Kier molecular flexibility index (Phi) is 4.99. The topological polar surface area (TPSA) is 102 Å². The van der Waals surface area contributed by atoms with Crippen LogP contribution in [0.3, 0.4) is 0 Å². The number of rotatable bonds is 6. The molecular weight excluding hydrogens is 415 g/mol. The van der Waals surface area contributed by atoms with E-state index in [0.29, 0.717) is 11.5 Å². The zero-order chi connectivity index (χ0) is 20.4. The van der Waals surface area contributed by atoms with Crippen molar-refractivity contribution in [3.63, 3.8) is 0 Å². The summed E-state index contributed by atoms with van der Waals surface area (Å²) in [5, 5.41) is 14.7. The molecule has 0 saturated carbocycles. The van der Waals surface area contributed by atoms with Crippen molar-refractivity contribution in [1.29, 1.82) is 0 Å². The van der Waals surface area contributed by atoms with Crippen molar-refractivity contribution in [2.75, 3.05) is 10.0 Å². The van der Waals surface area contributed by atoms with Gasteiger partial charge in [-0.05, 0) is 37.3 Å². The molecule has 2 N–H and O–H groups in total. The summed E-state index contributed by atoms with van der Waals surface area (Å²) in [4.78, 5) is -0.481. The molecular formula is C18H15FN6O2S2. The quantitative estimate of drug-likeness (QED) is 0.483. The average molecular weight is 430 g/mol. The molecule has 0 amide bonds. The van der Waals surface area contributed by atoms with E-state index in [2.05, 4.69) is 25.3 Å². The first-order valence-corrected chi connectivity index (χ1v) is 10.8. The third-order valence-electron chi connectivity index (χ3n) is 3.91. The fourth-order valence-corrected chi connectivity index (χ4v) is 4.44. The summed E-state index contributed by atoms with van der Waals surface area (Å²) in [6.07, 6.45) is 0. The van der Waals surface area contributed by atoms with Crippen LogP contribution >= 0.6 is 11.3 Å². The minimum absolute atomic E-state index is 0.0637. The molecule has 2 aromatic carbocycles. The number of halogens is 1. The molecule has 148 valence electrons. The van der Waals surface area contributed by atoms with E-state index in [1.165, 1.54) is 17.6 Å². The Hall–Kier alpha value is -3.31. The summed E-state index contributed by atoms with van der Waals surface area (Å²) in [7, 11) is -4.11. The van der Waals surface area contributed by atoms with Gasteiger partial charge in [0.15, 0.2) is 0 Å². The monoisotopic (exact) mass is 430 g/mol. The molecule has 0 unspecified atom stereocenters. The minimum atomic E-state index is -4.11. The number of aryl methyl sites for hydroxylation is 1. The second-order valence-corrected chi connectivity index (χ2v) is 8.52. The first-order valence-electron chi connectivity index (χ1n) is 8.40. The second-order valence-electron chi connectivity index (χ2n) is 6.04. The first-order chi connectivity index (χ1) is 13.9. The van der Waals surface area contributed by atoms with E-state index in [1.807, 2.05) is 43.3 Å². The Morgan fingerprint density at radius 3 is 2.59 bits per heavy atom. The number of para-hydroxylation sites is 1. The van der Waals surface area contributed by atoms with Gasteiger partial charge < -0.3 is 5.32 Å². The van der Waals surface area contributed by atoms with Crippen LogP contribution in [0.25, 0.3) is 5.69 Å². The maximum atomic E-state index is 14.6. The smallest absolute Gasteiger partial charge is 0.266 e. The highest BCUT2D eigenvalue weighted by atomic mass is 32.2. The Morgan fingerprint density at radius 1 is 1.10 bits per heavy atom.